The summed E-state index contributed by atoms with van der Waals surface area (Å²) in [6.07, 6.45) is 3.50. The molecule has 0 aromatic rings. The number of carbonyl (C=O) groups excluding carboxylic acids is 1. The molecule has 2 aliphatic rings. The minimum Gasteiger partial charge on any atom is -0.380 e. The van der Waals surface area contributed by atoms with Crippen molar-refractivity contribution in [3.05, 3.63) is 0 Å². The Morgan fingerprint density at radius 3 is 2.88 bits per heavy atom. The van der Waals surface area contributed by atoms with E-state index >= 15 is 0 Å². The summed E-state index contributed by atoms with van der Waals surface area (Å²) in [5.74, 6) is 0.490. The quantitative estimate of drug-likeness (QED) is 0.735. The van der Waals surface area contributed by atoms with Gasteiger partial charge in [0.15, 0.2) is 0 Å². The fraction of sp³-hybridized carbons (Fsp3) is 0.917. The van der Waals surface area contributed by atoms with Gasteiger partial charge in [-0.3, -0.25) is 4.79 Å². The van der Waals surface area contributed by atoms with E-state index in [1.165, 1.54) is 0 Å². The minimum atomic E-state index is 0.103. The molecule has 2 fully saturated rings. The van der Waals surface area contributed by atoms with Gasteiger partial charge in [0.25, 0.3) is 0 Å². The van der Waals surface area contributed by atoms with Crippen LogP contribution in [0.3, 0.4) is 0 Å². The Bertz CT molecular complexity index is 262. The molecule has 0 aromatic heterocycles. The second kappa shape index (κ2) is 4.72. The van der Waals surface area contributed by atoms with Crippen LogP contribution in [0, 0.1) is 11.3 Å². The summed E-state index contributed by atoms with van der Waals surface area (Å²) >= 11 is 0. The number of carbonyl (C=O) groups is 1. The number of ether oxygens (including phenoxy) is 1. The molecule has 2 N–H and O–H groups in total. The van der Waals surface area contributed by atoms with Crippen molar-refractivity contribution in [1.29, 1.82) is 0 Å². The van der Waals surface area contributed by atoms with E-state index in [4.69, 9.17) is 4.74 Å². The second-order valence-electron chi connectivity index (χ2n) is 5.16. The standard InChI is InChI=1S/C12H22N2O2/c1-9(16-2)8-14-11(15)10-7-12(10)3-5-13-6-4-12/h9-10,13H,3-8H2,1-2H3,(H,14,15). The van der Waals surface area contributed by atoms with E-state index in [-0.39, 0.29) is 17.9 Å². The van der Waals surface area contributed by atoms with Crippen molar-refractivity contribution in [2.24, 2.45) is 11.3 Å². The van der Waals surface area contributed by atoms with Crippen LogP contribution in [-0.4, -0.2) is 38.8 Å². The summed E-state index contributed by atoms with van der Waals surface area (Å²) in [7, 11) is 1.67. The van der Waals surface area contributed by atoms with Gasteiger partial charge in [-0.2, -0.15) is 0 Å². The van der Waals surface area contributed by atoms with Gasteiger partial charge < -0.3 is 15.4 Å². The Morgan fingerprint density at radius 2 is 2.25 bits per heavy atom. The largest absolute Gasteiger partial charge is 0.380 e. The van der Waals surface area contributed by atoms with Crippen LogP contribution in [0.5, 0.6) is 0 Å². The van der Waals surface area contributed by atoms with E-state index in [9.17, 15) is 4.79 Å². The van der Waals surface area contributed by atoms with Crippen molar-refractivity contribution in [3.8, 4) is 0 Å². The molecule has 2 rings (SSSR count). The number of rotatable bonds is 4. The number of piperidine rings is 1. The molecule has 1 spiro atoms. The first-order chi connectivity index (χ1) is 7.68. The zero-order chi connectivity index (χ0) is 11.6. The van der Waals surface area contributed by atoms with Gasteiger partial charge >= 0.3 is 0 Å². The van der Waals surface area contributed by atoms with Crippen molar-refractivity contribution in [1.82, 2.24) is 10.6 Å². The summed E-state index contributed by atoms with van der Waals surface area (Å²) in [5, 5.41) is 6.33. The van der Waals surface area contributed by atoms with Gasteiger partial charge in [0.1, 0.15) is 0 Å². The zero-order valence-corrected chi connectivity index (χ0v) is 10.2. The van der Waals surface area contributed by atoms with E-state index in [1.807, 2.05) is 6.92 Å². The summed E-state index contributed by atoms with van der Waals surface area (Å²) in [6.45, 7) is 4.73. The Morgan fingerprint density at radius 1 is 1.56 bits per heavy atom. The summed E-state index contributed by atoms with van der Waals surface area (Å²) in [5.41, 5.74) is 0.339. The average Bonchev–Trinajstić information content (AvgIpc) is 3.00. The van der Waals surface area contributed by atoms with Gasteiger partial charge in [0, 0.05) is 19.6 Å². The molecule has 1 saturated carbocycles. The molecule has 1 amide bonds. The second-order valence-corrected chi connectivity index (χ2v) is 5.16. The van der Waals surface area contributed by atoms with Gasteiger partial charge in [-0.1, -0.05) is 0 Å². The lowest BCUT2D eigenvalue weighted by Gasteiger charge is -2.23. The third kappa shape index (κ3) is 2.38. The molecule has 0 aromatic carbocycles. The van der Waals surface area contributed by atoms with E-state index in [0.29, 0.717) is 12.0 Å². The van der Waals surface area contributed by atoms with E-state index < -0.39 is 0 Å². The smallest absolute Gasteiger partial charge is 0.223 e. The molecule has 0 radical (unpaired) electrons. The van der Waals surface area contributed by atoms with Crippen molar-refractivity contribution >= 4 is 5.91 Å². The Labute approximate surface area is 97.1 Å². The van der Waals surface area contributed by atoms with E-state index in [0.717, 1.165) is 32.4 Å². The van der Waals surface area contributed by atoms with Gasteiger partial charge in [-0.05, 0) is 44.7 Å². The topological polar surface area (TPSA) is 50.4 Å². The maximum Gasteiger partial charge on any atom is 0.223 e. The fourth-order valence-electron chi connectivity index (χ4n) is 2.65. The number of hydrogen-bond acceptors (Lipinski definition) is 3. The van der Waals surface area contributed by atoms with E-state index in [2.05, 4.69) is 10.6 Å². The highest BCUT2D eigenvalue weighted by atomic mass is 16.5. The number of methoxy groups -OCH3 is 1. The van der Waals surface area contributed by atoms with Crippen molar-refractivity contribution in [2.45, 2.75) is 32.3 Å². The highest BCUT2D eigenvalue weighted by Crippen LogP contribution is 2.58. The lowest BCUT2D eigenvalue weighted by molar-refractivity contribution is -0.123. The zero-order valence-electron chi connectivity index (χ0n) is 10.2. The fourth-order valence-corrected chi connectivity index (χ4v) is 2.65. The molecule has 16 heavy (non-hydrogen) atoms. The molecule has 0 bridgehead atoms. The Hall–Kier alpha value is -0.610. The third-order valence-electron chi connectivity index (χ3n) is 4.07. The van der Waals surface area contributed by atoms with Crippen LogP contribution in [0.25, 0.3) is 0 Å². The summed E-state index contributed by atoms with van der Waals surface area (Å²) in [4.78, 5) is 11.9. The van der Waals surface area contributed by atoms with Crippen LogP contribution in [0.1, 0.15) is 26.2 Å². The molecule has 4 nitrogen and oxygen atoms in total. The monoisotopic (exact) mass is 226 g/mol. The molecule has 4 heteroatoms. The van der Waals surface area contributed by atoms with Crippen LogP contribution in [-0.2, 0) is 9.53 Å². The lowest BCUT2D eigenvalue weighted by Crippen LogP contribution is -2.36. The molecule has 1 heterocycles. The average molecular weight is 226 g/mol. The van der Waals surface area contributed by atoms with Crippen molar-refractivity contribution < 1.29 is 9.53 Å². The first-order valence-electron chi connectivity index (χ1n) is 6.19. The van der Waals surface area contributed by atoms with Crippen LogP contribution < -0.4 is 10.6 Å². The van der Waals surface area contributed by atoms with Gasteiger partial charge in [0.2, 0.25) is 5.91 Å². The van der Waals surface area contributed by atoms with Gasteiger partial charge in [-0.25, -0.2) is 0 Å². The predicted molar refractivity (Wildman–Crippen MR) is 62.1 cm³/mol. The first-order valence-corrected chi connectivity index (χ1v) is 6.19. The number of hydrogen-bond donors (Lipinski definition) is 2. The molecule has 1 saturated heterocycles. The lowest BCUT2D eigenvalue weighted by atomic mass is 9.92. The first kappa shape index (κ1) is 11.9. The SMILES string of the molecule is COC(C)CNC(=O)C1CC12CCNCC2. The molecule has 92 valence electrons. The Balaban J connectivity index is 1.75. The molecular formula is C12H22N2O2. The Kier molecular flexibility index (Phi) is 3.50. The number of amides is 1. The molecule has 2 unspecified atom stereocenters. The van der Waals surface area contributed by atoms with Crippen LogP contribution >= 0.6 is 0 Å². The van der Waals surface area contributed by atoms with E-state index in [1.54, 1.807) is 7.11 Å². The molecular weight excluding hydrogens is 204 g/mol. The maximum absolute atomic E-state index is 11.9. The molecule has 2 atom stereocenters. The van der Waals surface area contributed by atoms with Crippen LogP contribution in [0.4, 0.5) is 0 Å². The number of nitrogens with one attached hydrogen (secondary N) is 2. The normalized spacial score (nSPS) is 28.8. The van der Waals surface area contributed by atoms with Crippen molar-refractivity contribution in [2.75, 3.05) is 26.7 Å². The van der Waals surface area contributed by atoms with Gasteiger partial charge in [0.05, 0.1) is 6.10 Å². The molecule has 1 aliphatic heterocycles. The summed E-state index contributed by atoms with van der Waals surface area (Å²) < 4.78 is 5.11. The minimum absolute atomic E-state index is 0.103. The van der Waals surface area contributed by atoms with Gasteiger partial charge in [-0.15, -0.1) is 0 Å². The maximum atomic E-state index is 11.9. The predicted octanol–water partition coefficient (Wildman–Crippen LogP) is 0.527. The van der Waals surface area contributed by atoms with Crippen LogP contribution in [0.2, 0.25) is 0 Å². The van der Waals surface area contributed by atoms with Crippen LogP contribution in [0.15, 0.2) is 0 Å². The molecule has 1 aliphatic carbocycles. The van der Waals surface area contributed by atoms with Crippen molar-refractivity contribution in [3.63, 3.8) is 0 Å². The third-order valence-corrected chi connectivity index (χ3v) is 4.07. The summed E-state index contributed by atoms with van der Waals surface area (Å²) in [6, 6.07) is 0. The highest BCUT2D eigenvalue weighted by Gasteiger charge is 2.57. The highest BCUT2D eigenvalue weighted by molar-refractivity contribution is 5.82.